The molecule has 0 unspecified atom stereocenters. The first-order valence-electron chi connectivity index (χ1n) is 15.2. The van der Waals surface area contributed by atoms with E-state index in [4.69, 9.17) is 14.5 Å². The van der Waals surface area contributed by atoms with Crippen LogP contribution in [0.4, 0.5) is 4.39 Å². The van der Waals surface area contributed by atoms with Gasteiger partial charge in [-0.1, -0.05) is 78.1 Å². The standard InChI is InChI=1S/C37H34FN3O4S/c1-5-40(6-2)36(43)33-23(3)39-37-41(34(33)27-16-10-12-18-30(27)44-4)35(42)32(46-37)21-28-26-15-9-7-13-24(26)19-20-31(28)45-22-25-14-8-11-17-29(25)38/h7-21,34H,5-6,22H2,1-4H3/b32-21+/t34-/m0/s1. The van der Waals surface area contributed by atoms with Crippen molar-refractivity contribution in [3.05, 3.63) is 138 Å². The highest BCUT2D eigenvalue weighted by molar-refractivity contribution is 7.07. The lowest BCUT2D eigenvalue weighted by atomic mass is 9.94. The van der Waals surface area contributed by atoms with Gasteiger partial charge in [0.2, 0.25) is 0 Å². The SMILES string of the molecule is CCN(CC)C(=O)C1=C(C)N=c2s/c(=C/c3c(OCc4ccccc4F)ccc4ccccc34)c(=O)n2[C@H]1c1ccccc1OC. The highest BCUT2D eigenvalue weighted by Gasteiger charge is 2.35. The van der Waals surface area contributed by atoms with E-state index in [9.17, 15) is 14.0 Å². The quantitative estimate of drug-likeness (QED) is 0.200. The fourth-order valence-corrected chi connectivity index (χ4v) is 6.94. The third-order valence-electron chi connectivity index (χ3n) is 8.28. The van der Waals surface area contributed by atoms with Crippen LogP contribution in [0.5, 0.6) is 11.5 Å². The number of carbonyl (C=O) groups excluding carboxylic acids is 1. The van der Waals surface area contributed by atoms with Crippen molar-refractivity contribution in [2.45, 2.75) is 33.4 Å². The molecule has 1 aliphatic rings. The first kappa shape index (κ1) is 31.0. The van der Waals surface area contributed by atoms with E-state index in [0.29, 0.717) is 61.9 Å². The molecule has 4 aromatic carbocycles. The number of allylic oxidation sites excluding steroid dienone is 1. The fourth-order valence-electron chi connectivity index (χ4n) is 5.92. The van der Waals surface area contributed by atoms with E-state index in [1.165, 1.54) is 17.4 Å². The van der Waals surface area contributed by atoms with Gasteiger partial charge >= 0.3 is 0 Å². The number of fused-ring (bicyclic) bond motifs is 2. The molecule has 7 nitrogen and oxygen atoms in total. The highest BCUT2D eigenvalue weighted by atomic mass is 32.1. The van der Waals surface area contributed by atoms with E-state index in [-0.39, 0.29) is 23.9 Å². The molecule has 0 saturated carbocycles. The average Bonchev–Trinajstić information content (AvgIpc) is 3.38. The molecule has 1 amide bonds. The van der Waals surface area contributed by atoms with E-state index < -0.39 is 6.04 Å². The molecule has 0 N–H and O–H groups in total. The van der Waals surface area contributed by atoms with Crippen molar-refractivity contribution in [3.63, 3.8) is 0 Å². The van der Waals surface area contributed by atoms with Gasteiger partial charge in [0.25, 0.3) is 11.5 Å². The summed E-state index contributed by atoms with van der Waals surface area (Å²) in [6, 6.07) is 24.8. The van der Waals surface area contributed by atoms with E-state index in [0.717, 1.165) is 10.8 Å². The number of ether oxygens (including phenoxy) is 2. The number of benzene rings is 4. The Kier molecular flexibility index (Phi) is 8.85. The lowest BCUT2D eigenvalue weighted by molar-refractivity contribution is -0.127. The molecule has 1 atom stereocenters. The van der Waals surface area contributed by atoms with Crippen LogP contribution in [0.1, 0.15) is 43.5 Å². The first-order valence-corrected chi connectivity index (χ1v) is 16.0. The van der Waals surface area contributed by atoms with Crippen LogP contribution < -0.4 is 24.4 Å². The number of halogens is 1. The molecule has 0 spiro atoms. The zero-order valence-corrected chi connectivity index (χ0v) is 26.9. The lowest BCUT2D eigenvalue weighted by Gasteiger charge is -2.29. The first-order chi connectivity index (χ1) is 22.4. The normalized spacial score (nSPS) is 14.6. The Morgan fingerprint density at radius 2 is 1.70 bits per heavy atom. The van der Waals surface area contributed by atoms with Crippen LogP contribution >= 0.6 is 11.3 Å². The van der Waals surface area contributed by atoms with Crippen molar-refractivity contribution in [2.75, 3.05) is 20.2 Å². The van der Waals surface area contributed by atoms with E-state index >= 15 is 0 Å². The Hall–Kier alpha value is -5.02. The third-order valence-corrected chi connectivity index (χ3v) is 9.27. The Morgan fingerprint density at radius 1 is 0.978 bits per heavy atom. The minimum atomic E-state index is -0.744. The largest absolute Gasteiger partial charge is 0.496 e. The van der Waals surface area contributed by atoms with Crippen molar-refractivity contribution in [3.8, 4) is 11.5 Å². The number of aromatic nitrogens is 1. The second-order valence-electron chi connectivity index (χ2n) is 10.9. The number of hydrogen-bond donors (Lipinski definition) is 0. The van der Waals surface area contributed by atoms with Gasteiger partial charge in [-0.2, -0.15) is 0 Å². The summed E-state index contributed by atoms with van der Waals surface area (Å²) < 4.78 is 28.4. The van der Waals surface area contributed by atoms with Crippen LogP contribution in [0.25, 0.3) is 16.8 Å². The predicted octanol–water partition coefficient (Wildman–Crippen LogP) is 5.98. The van der Waals surface area contributed by atoms with E-state index in [2.05, 4.69) is 0 Å². The maximum absolute atomic E-state index is 14.5. The third kappa shape index (κ3) is 5.63. The highest BCUT2D eigenvalue weighted by Crippen LogP contribution is 2.36. The van der Waals surface area contributed by atoms with Gasteiger partial charge in [0.1, 0.15) is 30.0 Å². The van der Waals surface area contributed by atoms with Gasteiger partial charge in [-0.05, 0) is 55.8 Å². The minimum absolute atomic E-state index is 0.0247. The second-order valence-corrected chi connectivity index (χ2v) is 11.9. The Morgan fingerprint density at radius 3 is 2.46 bits per heavy atom. The molecule has 234 valence electrons. The van der Waals surface area contributed by atoms with Gasteiger partial charge in [0.15, 0.2) is 4.80 Å². The van der Waals surface area contributed by atoms with Crippen molar-refractivity contribution in [1.82, 2.24) is 9.47 Å². The monoisotopic (exact) mass is 635 g/mol. The molecule has 1 aliphatic heterocycles. The van der Waals surface area contributed by atoms with Gasteiger partial charge in [0, 0.05) is 29.8 Å². The molecular weight excluding hydrogens is 601 g/mol. The predicted molar refractivity (Wildman–Crippen MR) is 179 cm³/mol. The van der Waals surface area contributed by atoms with Gasteiger partial charge in [0.05, 0.1) is 22.9 Å². The molecule has 6 rings (SSSR count). The summed E-state index contributed by atoms with van der Waals surface area (Å²) in [6.07, 6.45) is 1.81. The van der Waals surface area contributed by atoms with Crippen molar-refractivity contribution < 1.29 is 18.7 Å². The van der Waals surface area contributed by atoms with Crippen LogP contribution in [0.2, 0.25) is 0 Å². The number of carbonyl (C=O) groups is 1. The summed E-state index contributed by atoms with van der Waals surface area (Å²) in [6.45, 7) is 6.74. The molecule has 5 aromatic rings. The maximum Gasteiger partial charge on any atom is 0.271 e. The molecular formula is C37H34FN3O4S. The number of thiazole rings is 1. The summed E-state index contributed by atoms with van der Waals surface area (Å²) in [5.41, 5.74) is 2.53. The molecule has 46 heavy (non-hydrogen) atoms. The molecule has 0 saturated heterocycles. The summed E-state index contributed by atoms with van der Waals surface area (Å²) >= 11 is 1.25. The zero-order chi connectivity index (χ0) is 32.4. The van der Waals surface area contributed by atoms with Crippen molar-refractivity contribution in [2.24, 2.45) is 4.99 Å². The zero-order valence-electron chi connectivity index (χ0n) is 26.1. The van der Waals surface area contributed by atoms with Gasteiger partial charge in [-0.15, -0.1) is 0 Å². The summed E-state index contributed by atoms with van der Waals surface area (Å²) in [4.78, 5) is 35.5. The Bertz CT molecular complexity index is 2160. The van der Waals surface area contributed by atoms with Crippen molar-refractivity contribution >= 4 is 34.1 Å². The second kappa shape index (κ2) is 13.1. The number of nitrogens with zero attached hydrogens (tertiary/aromatic N) is 3. The lowest BCUT2D eigenvalue weighted by Crippen LogP contribution is -2.43. The van der Waals surface area contributed by atoms with E-state index in [1.54, 1.807) is 34.8 Å². The molecule has 0 aliphatic carbocycles. The summed E-state index contributed by atoms with van der Waals surface area (Å²) in [5.74, 6) is 0.566. The Balaban J connectivity index is 1.56. The van der Waals surface area contributed by atoms with Crippen LogP contribution in [0, 0.1) is 5.82 Å². The van der Waals surface area contributed by atoms with Gasteiger partial charge < -0.3 is 14.4 Å². The smallest absolute Gasteiger partial charge is 0.271 e. The van der Waals surface area contributed by atoms with Crippen LogP contribution in [-0.2, 0) is 11.4 Å². The number of rotatable bonds is 9. The van der Waals surface area contributed by atoms with E-state index in [1.807, 2.05) is 87.5 Å². The molecule has 2 heterocycles. The summed E-state index contributed by atoms with van der Waals surface area (Å²) in [7, 11) is 1.58. The molecule has 0 radical (unpaired) electrons. The fraction of sp³-hybridized carbons (Fsp3) is 0.216. The average molecular weight is 636 g/mol. The summed E-state index contributed by atoms with van der Waals surface area (Å²) in [5, 5.41) is 1.85. The van der Waals surface area contributed by atoms with Crippen molar-refractivity contribution in [1.29, 1.82) is 0 Å². The van der Waals surface area contributed by atoms with Crippen LogP contribution in [0.15, 0.2) is 106 Å². The maximum atomic E-state index is 14.5. The Labute approximate surface area is 270 Å². The minimum Gasteiger partial charge on any atom is -0.496 e. The van der Waals surface area contributed by atoms with Gasteiger partial charge in [-0.25, -0.2) is 9.38 Å². The topological polar surface area (TPSA) is 73.1 Å². The molecule has 1 aromatic heterocycles. The number of amides is 1. The molecule has 0 fully saturated rings. The van der Waals surface area contributed by atoms with Gasteiger partial charge in [-0.3, -0.25) is 14.2 Å². The number of hydrogen-bond acceptors (Lipinski definition) is 6. The van der Waals surface area contributed by atoms with Crippen LogP contribution in [-0.4, -0.2) is 35.6 Å². The molecule has 9 heteroatoms. The number of methoxy groups -OCH3 is 1. The molecule has 0 bridgehead atoms. The number of likely N-dealkylation sites (N-methyl/N-ethyl adjacent to an activating group) is 1. The van der Waals surface area contributed by atoms with Crippen LogP contribution in [0.3, 0.4) is 0 Å². The number of para-hydroxylation sites is 1.